The monoisotopic (exact) mass is 340 g/mol. The molecule has 2 aromatic heterocycles. The number of benzene rings is 1. The number of anilines is 1. The van der Waals surface area contributed by atoms with E-state index in [9.17, 15) is 9.90 Å². The molecule has 0 aliphatic heterocycles. The van der Waals surface area contributed by atoms with Crippen LogP contribution in [0.2, 0.25) is 0 Å². The zero-order valence-corrected chi connectivity index (χ0v) is 13.9. The van der Waals surface area contributed by atoms with Gasteiger partial charge in [-0.15, -0.1) is 5.10 Å². The highest BCUT2D eigenvalue weighted by Crippen LogP contribution is 2.30. The smallest absolute Gasteiger partial charge is 0.307 e. The molecule has 0 unspecified atom stereocenters. The third kappa shape index (κ3) is 3.73. The lowest BCUT2D eigenvalue weighted by atomic mass is 9.83. The van der Waals surface area contributed by atoms with Crippen molar-refractivity contribution in [3.8, 4) is 0 Å². The molecule has 0 saturated heterocycles. The van der Waals surface area contributed by atoms with E-state index in [4.69, 9.17) is 5.73 Å². The molecule has 4 N–H and O–H groups in total. The molecule has 130 valence electrons. The molecule has 1 aromatic carbocycles. The van der Waals surface area contributed by atoms with E-state index in [1.165, 1.54) is 0 Å². The van der Waals surface area contributed by atoms with Crippen LogP contribution in [0.25, 0.3) is 10.9 Å². The standard InChI is InChI=1S/C17H20N6O2/c1-2-3-12(17(24)25)13(16-20-22-23-21-16)8-10-4-5-11-6-7-15(18)19-14(11)9-10/h4-7,9,12-13H,2-3,8H2,1H3,(H2,18,19)(H,24,25)(H,20,21,22,23)/t12-,13-/m0/s1. The van der Waals surface area contributed by atoms with Gasteiger partial charge in [0.05, 0.1) is 11.4 Å². The number of fused-ring (bicyclic) bond motifs is 1. The summed E-state index contributed by atoms with van der Waals surface area (Å²) in [5, 5.41) is 24.5. The average Bonchev–Trinajstić information content (AvgIpc) is 3.11. The zero-order chi connectivity index (χ0) is 17.8. The summed E-state index contributed by atoms with van der Waals surface area (Å²) >= 11 is 0. The number of carboxylic acid groups (broad SMARTS) is 1. The summed E-state index contributed by atoms with van der Waals surface area (Å²) in [6.07, 6.45) is 1.82. The molecule has 25 heavy (non-hydrogen) atoms. The molecular weight excluding hydrogens is 320 g/mol. The van der Waals surface area contributed by atoms with Gasteiger partial charge in [0.2, 0.25) is 0 Å². The third-order valence-electron chi connectivity index (χ3n) is 4.35. The first-order chi connectivity index (χ1) is 12.1. The van der Waals surface area contributed by atoms with Crippen LogP contribution < -0.4 is 5.73 Å². The molecular formula is C17H20N6O2. The Labute approximate surface area is 144 Å². The molecule has 0 bridgehead atoms. The lowest BCUT2D eigenvalue weighted by Gasteiger charge is -2.21. The van der Waals surface area contributed by atoms with E-state index in [1.54, 1.807) is 6.07 Å². The number of hydrogen-bond acceptors (Lipinski definition) is 6. The summed E-state index contributed by atoms with van der Waals surface area (Å²) in [4.78, 5) is 16.1. The van der Waals surface area contributed by atoms with Crippen LogP contribution in [0, 0.1) is 5.92 Å². The minimum Gasteiger partial charge on any atom is -0.481 e. The van der Waals surface area contributed by atoms with Crippen LogP contribution in [0.1, 0.15) is 37.1 Å². The maximum Gasteiger partial charge on any atom is 0.307 e. The van der Waals surface area contributed by atoms with Gasteiger partial charge in [-0.3, -0.25) is 4.79 Å². The molecule has 0 spiro atoms. The van der Waals surface area contributed by atoms with Gasteiger partial charge < -0.3 is 10.8 Å². The first-order valence-electron chi connectivity index (χ1n) is 8.20. The highest BCUT2D eigenvalue weighted by atomic mass is 16.4. The van der Waals surface area contributed by atoms with Gasteiger partial charge in [0.25, 0.3) is 0 Å². The number of aliphatic carboxylic acids is 1. The van der Waals surface area contributed by atoms with Gasteiger partial charge in [-0.1, -0.05) is 25.5 Å². The van der Waals surface area contributed by atoms with E-state index in [2.05, 4.69) is 25.6 Å². The number of nitrogens with one attached hydrogen (secondary N) is 1. The number of pyridine rings is 1. The number of rotatable bonds is 7. The number of carbonyl (C=O) groups is 1. The quantitative estimate of drug-likeness (QED) is 0.600. The molecule has 0 radical (unpaired) electrons. The van der Waals surface area contributed by atoms with Crippen LogP contribution in [-0.2, 0) is 11.2 Å². The number of carboxylic acids is 1. The lowest BCUT2D eigenvalue weighted by Crippen LogP contribution is -2.25. The van der Waals surface area contributed by atoms with E-state index in [0.29, 0.717) is 24.5 Å². The Bertz CT molecular complexity index is 865. The summed E-state index contributed by atoms with van der Waals surface area (Å²) in [7, 11) is 0. The Morgan fingerprint density at radius 2 is 2.12 bits per heavy atom. The number of nitrogens with two attached hydrogens (primary N) is 1. The van der Waals surface area contributed by atoms with Gasteiger partial charge in [0.1, 0.15) is 5.82 Å². The first kappa shape index (κ1) is 16.8. The summed E-state index contributed by atoms with van der Waals surface area (Å²) < 4.78 is 0. The second kappa shape index (κ2) is 7.25. The van der Waals surface area contributed by atoms with E-state index in [1.807, 2.05) is 31.2 Å². The van der Waals surface area contributed by atoms with Crippen LogP contribution in [0.15, 0.2) is 30.3 Å². The maximum absolute atomic E-state index is 11.8. The van der Waals surface area contributed by atoms with Crippen molar-refractivity contribution in [1.29, 1.82) is 0 Å². The predicted octanol–water partition coefficient (Wildman–Crippen LogP) is 2.16. The Morgan fingerprint density at radius 1 is 1.32 bits per heavy atom. The van der Waals surface area contributed by atoms with Crippen molar-refractivity contribution in [2.75, 3.05) is 5.73 Å². The van der Waals surface area contributed by atoms with Gasteiger partial charge in [-0.05, 0) is 47.0 Å². The SMILES string of the molecule is CCC[C@H](C(=O)O)[C@H](Cc1ccc2ccc(N)nc2c1)c1nnn[nH]1. The molecule has 0 saturated carbocycles. The number of aromatic nitrogens is 5. The minimum absolute atomic E-state index is 0.342. The van der Waals surface area contributed by atoms with Crippen LogP contribution in [0.3, 0.4) is 0 Å². The number of hydrogen-bond donors (Lipinski definition) is 3. The Morgan fingerprint density at radius 3 is 2.80 bits per heavy atom. The second-order valence-electron chi connectivity index (χ2n) is 6.09. The van der Waals surface area contributed by atoms with Crippen LogP contribution >= 0.6 is 0 Å². The maximum atomic E-state index is 11.8. The number of H-pyrrole nitrogens is 1. The van der Waals surface area contributed by atoms with Crippen molar-refractivity contribution < 1.29 is 9.90 Å². The largest absolute Gasteiger partial charge is 0.481 e. The van der Waals surface area contributed by atoms with Gasteiger partial charge in [0.15, 0.2) is 5.82 Å². The number of nitrogen functional groups attached to an aromatic ring is 1. The van der Waals surface area contributed by atoms with Gasteiger partial charge in [-0.2, -0.15) is 0 Å². The van der Waals surface area contributed by atoms with Crippen LogP contribution in [0.5, 0.6) is 0 Å². The topological polar surface area (TPSA) is 131 Å². The molecule has 0 aliphatic rings. The summed E-state index contributed by atoms with van der Waals surface area (Å²) in [6.45, 7) is 1.97. The van der Waals surface area contributed by atoms with Crippen molar-refractivity contribution in [3.63, 3.8) is 0 Å². The van der Waals surface area contributed by atoms with Crippen molar-refractivity contribution in [2.24, 2.45) is 5.92 Å². The van der Waals surface area contributed by atoms with E-state index in [0.717, 1.165) is 22.9 Å². The van der Waals surface area contributed by atoms with Crippen molar-refractivity contribution in [3.05, 3.63) is 41.7 Å². The molecule has 8 nitrogen and oxygen atoms in total. The van der Waals surface area contributed by atoms with Crippen molar-refractivity contribution in [2.45, 2.75) is 32.1 Å². The third-order valence-corrected chi connectivity index (χ3v) is 4.35. The number of aromatic amines is 1. The van der Waals surface area contributed by atoms with Crippen LogP contribution in [0.4, 0.5) is 5.82 Å². The van der Waals surface area contributed by atoms with E-state index >= 15 is 0 Å². The highest BCUT2D eigenvalue weighted by molar-refractivity contribution is 5.80. The lowest BCUT2D eigenvalue weighted by molar-refractivity contribution is -0.142. The minimum atomic E-state index is -0.841. The first-order valence-corrected chi connectivity index (χ1v) is 8.20. The molecule has 2 heterocycles. The molecule has 0 fully saturated rings. The van der Waals surface area contributed by atoms with Gasteiger partial charge in [-0.25, -0.2) is 10.1 Å². The summed E-state index contributed by atoms with van der Waals surface area (Å²) in [5.74, 6) is -0.807. The number of tetrazole rings is 1. The fourth-order valence-electron chi connectivity index (χ4n) is 3.12. The van der Waals surface area contributed by atoms with Gasteiger partial charge in [0, 0.05) is 11.3 Å². The van der Waals surface area contributed by atoms with Crippen molar-refractivity contribution >= 4 is 22.7 Å². The van der Waals surface area contributed by atoms with Crippen LogP contribution in [-0.4, -0.2) is 36.7 Å². The van der Waals surface area contributed by atoms with Crippen molar-refractivity contribution in [1.82, 2.24) is 25.6 Å². The Hall–Kier alpha value is -3.03. The molecule has 8 heteroatoms. The fraction of sp³-hybridized carbons (Fsp3) is 0.353. The Balaban J connectivity index is 1.95. The summed E-state index contributed by atoms with van der Waals surface area (Å²) in [6, 6.07) is 9.54. The van der Waals surface area contributed by atoms with Gasteiger partial charge >= 0.3 is 5.97 Å². The molecule has 0 aliphatic carbocycles. The summed E-state index contributed by atoms with van der Waals surface area (Å²) in [5.41, 5.74) is 7.51. The van der Waals surface area contributed by atoms with E-state index < -0.39 is 11.9 Å². The predicted molar refractivity (Wildman–Crippen MR) is 92.8 cm³/mol. The average molecular weight is 340 g/mol. The molecule has 3 aromatic rings. The number of nitrogens with zero attached hydrogens (tertiary/aromatic N) is 4. The normalized spacial score (nSPS) is 13.6. The zero-order valence-electron chi connectivity index (χ0n) is 13.9. The molecule has 2 atom stereocenters. The fourth-order valence-corrected chi connectivity index (χ4v) is 3.12. The van der Waals surface area contributed by atoms with E-state index in [-0.39, 0.29) is 5.92 Å². The molecule has 0 amide bonds. The Kier molecular flexibility index (Phi) is 4.87. The second-order valence-corrected chi connectivity index (χ2v) is 6.09. The highest BCUT2D eigenvalue weighted by Gasteiger charge is 2.31. The molecule has 3 rings (SSSR count).